The maximum atomic E-state index is 12.0. The fourth-order valence-corrected chi connectivity index (χ4v) is 3.15. The van der Waals surface area contributed by atoms with Gasteiger partial charge in [0.1, 0.15) is 5.00 Å². The highest BCUT2D eigenvalue weighted by atomic mass is 35.5. The van der Waals surface area contributed by atoms with Crippen molar-refractivity contribution in [1.29, 1.82) is 0 Å². The summed E-state index contributed by atoms with van der Waals surface area (Å²) in [6.07, 6.45) is 1.36. The monoisotopic (exact) mass is 346 g/mol. The van der Waals surface area contributed by atoms with Crippen molar-refractivity contribution in [3.05, 3.63) is 64.4 Å². The largest absolute Gasteiger partial charge is 0.545 e. The molecule has 0 saturated carbocycles. The molecule has 0 spiro atoms. The Morgan fingerprint density at radius 1 is 1.17 bits per heavy atom. The van der Waals surface area contributed by atoms with E-state index < -0.39 is 11.9 Å². The van der Waals surface area contributed by atoms with Gasteiger partial charge in [-0.05, 0) is 29.8 Å². The van der Waals surface area contributed by atoms with Crippen LogP contribution in [0.3, 0.4) is 0 Å². The van der Waals surface area contributed by atoms with Crippen molar-refractivity contribution in [1.82, 2.24) is 0 Å². The second kappa shape index (κ2) is 6.28. The fraction of sp³-hybridized carbons (Fsp3) is 0. The van der Waals surface area contributed by atoms with E-state index in [0.29, 0.717) is 16.1 Å². The number of furan rings is 1. The molecule has 116 valence electrons. The summed E-state index contributed by atoms with van der Waals surface area (Å²) in [7, 11) is 0. The first kappa shape index (κ1) is 15.3. The summed E-state index contributed by atoms with van der Waals surface area (Å²) in [6.45, 7) is 0. The van der Waals surface area contributed by atoms with Gasteiger partial charge in [0, 0.05) is 21.5 Å². The van der Waals surface area contributed by atoms with Crippen molar-refractivity contribution >= 4 is 39.8 Å². The minimum Gasteiger partial charge on any atom is -0.545 e. The summed E-state index contributed by atoms with van der Waals surface area (Å²) in [4.78, 5) is 23.5. The zero-order valence-electron chi connectivity index (χ0n) is 11.5. The van der Waals surface area contributed by atoms with Gasteiger partial charge in [0.25, 0.3) is 5.91 Å². The molecule has 0 saturated heterocycles. The van der Waals surface area contributed by atoms with E-state index in [-0.39, 0.29) is 16.3 Å². The quantitative estimate of drug-likeness (QED) is 0.786. The van der Waals surface area contributed by atoms with Gasteiger partial charge < -0.3 is 19.6 Å². The minimum atomic E-state index is -1.37. The average molecular weight is 347 g/mol. The molecule has 3 aromatic rings. The molecule has 0 atom stereocenters. The van der Waals surface area contributed by atoms with Crippen LogP contribution in [0.4, 0.5) is 5.00 Å². The summed E-state index contributed by atoms with van der Waals surface area (Å²) >= 11 is 6.94. The highest BCUT2D eigenvalue weighted by Gasteiger charge is 2.18. The number of benzene rings is 1. The topological polar surface area (TPSA) is 82.4 Å². The molecule has 3 rings (SSSR count). The molecule has 0 aliphatic heterocycles. The van der Waals surface area contributed by atoms with Crippen molar-refractivity contribution in [2.75, 3.05) is 5.32 Å². The molecule has 0 aliphatic rings. The highest BCUT2D eigenvalue weighted by Crippen LogP contribution is 2.35. The van der Waals surface area contributed by atoms with Crippen LogP contribution in [0.25, 0.3) is 11.1 Å². The number of thiophene rings is 1. The van der Waals surface area contributed by atoms with Gasteiger partial charge in [0.2, 0.25) is 0 Å². The van der Waals surface area contributed by atoms with Gasteiger partial charge in [-0.25, -0.2) is 0 Å². The fourth-order valence-electron chi connectivity index (χ4n) is 2.07. The number of hydrogen-bond donors (Lipinski definition) is 1. The summed E-state index contributed by atoms with van der Waals surface area (Å²) in [6, 6.07) is 9.79. The Labute approximate surface area is 140 Å². The Morgan fingerprint density at radius 2 is 1.91 bits per heavy atom. The zero-order valence-corrected chi connectivity index (χ0v) is 13.1. The van der Waals surface area contributed by atoms with Crippen LogP contribution < -0.4 is 10.4 Å². The highest BCUT2D eigenvalue weighted by molar-refractivity contribution is 7.15. The van der Waals surface area contributed by atoms with Crippen LogP contribution in [0.1, 0.15) is 20.9 Å². The van der Waals surface area contributed by atoms with E-state index >= 15 is 0 Å². The van der Waals surface area contributed by atoms with Crippen LogP contribution in [0.15, 0.2) is 52.5 Å². The number of anilines is 1. The average Bonchev–Trinajstić information content (AvgIpc) is 3.17. The summed E-state index contributed by atoms with van der Waals surface area (Å²) < 4.78 is 4.99. The Bertz CT molecular complexity index is 853. The van der Waals surface area contributed by atoms with Gasteiger partial charge in [-0.3, -0.25) is 4.79 Å². The van der Waals surface area contributed by atoms with Crippen LogP contribution in [-0.2, 0) is 0 Å². The number of hydrogen-bond acceptors (Lipinski definition) is 5. The van der Waals surface area contributed by atoms with Crippen molar-refractivity contribution in [3.63, 3.8) is 0 Å². The molecule has 1 aromatic carbocycles. The molecule has 0 aliphatic carbocycles. The second-order valence-corrected chi connectivity index (χ2v) is 5.90. The molecular formula is C16H9ClNO4S-. The van der Waals surface area contributed by atoms with Crippen LogP contribution in [0.5, 0.6) is 0 Å². The Kier molecular flexibility index (Phi) is 4.18. The van der Waals surface area contributed by atoms with Gasteiger partial charge in [0.05, 0.1) is 12.2 Å². The number of carboxylic acids is 1. The van der Waals surface area contributed by atoms with Crippen molar-refractivity contribution in [2.45, 2.75) is 0 Å². The van der Waals surface area contributed by atoms with Gasteiger partial charge in [-0.2, -0.15) is 0 Å². The molecule has 0 bridgehead atoms. The number of aromatic carboxylic acids is 1. The van der Waals surface area contributed by atoms with E-state index in [1.165, 1.54) is 12.3 Å². The lowest BCUT2D eigenvalue weighted by Crippen LogP contribution is -2.24. The molecule has 1 amide bonds. The van der Waals surface area contributed by atoms with Crippen molar-refractivity contribution in [2.24, 2.45) is 0 Å². The number of rotatable bonds is 4. The van der Waals surface area contributed by atoms with Crippen molar-refractivity contribution < 1.29 is 19.1 Å². The van der Waals surface area contributed by atoms with E-state index in [4.69, 9.17) is 16.0 Å². The molecule has 5 nitrogen and oxygen atoms in total. The molecule has 1 N–H and O–H groups in total. The number of carboxylic acid groups (broad SMARTS) is 1. The minimum absolute atomic E-state index is 0.0720. The SMILES string of the molecule is O=C(Nc1scc(-c2ccc(Cl)cc2)c1C(=O)[O-])c1ccco1. The summed E-state index contributed by atoms with van der Waals surface area (Å²) in [5.41, 5.74) is 1.06. The first-order valence-electron chi connectivity index (χ1n) is 6.50. The summed E-state index contributed by atoms with van der Waals surface area (Å²) in [5, 5.41) is 16.4. The van der Waals surface area contributed by atoms with Gasteiger partial charge in [-0.15, -0.1) is 11.3 Å². The smallest absolute Gasteiger partial charge is 0.291 e. The predicted molar refractivity (Wildman–Crippen MR) is 85.8 cm³/mol. The number of carbonyl (C=O) groups is 2. The third-order valence-electron chi connectivity index (χ3n) is 3.12. The Morgan fingerprint density at radius 3 is 2.52 bits per heavy atom. The van der Waals surface area contributed by atoms with E-state index in [2.05, 4.69) is 5.32 Å². The maximum absolute atomic E-state index is 12.0. The zero-order chi connectivity index (χ0) is 16.4. The van der Waals surface area contributed by atoms with Crippen LogP contribution in [0.2, 0.25) is 5.02 Å². The standard InChI is InChI=1S/C16H10ClNO4S/c17-10-5-3-9(4-6-10)11-8-23-15(13(11)16(20)21)18-14(19)12-2-1-7-22-12/h1-8H,(H,18,19)(H,20,21)/p-1. The second-order valence-electron chi connectivity index (χ2n) is 4.58. The molecule has 23 heavy (non-hydrogen) atoms. The molecule has 2 heterocycles. The third kappa shape index (κ3) is 3.13. The predicted octanol–water partition coefficient (Wildman–Crippen LogP) is 3.28. The van der Waals surface area contributed by atoms with Crippen molar-refractivity contribution in [3.8, 4) is 11.1 Å². The van der Waals surface area contributed by atoms with E-state index in [1.54, 1.807) is 35.7 Å². The molecule has 0 fully saturated rings. The Hall–Kier alpha value is -2.57. The lowest BCUT2D eigenvalue weighted by molar-refractivity contribution is -0.254. The van der Waals surface area contributed by atoms with E-state index in [0.717, 1.165) is 11.3 Å². The van der Waals surface area contributed by atoms with Gasteiger partial charge >= 0.3 is 0 Å². The molecule has 2 aromatic heterocycles. The van der Waals surface area contributed by atoms with E-state index in [1.807, 2.05) is 0 Å². The number of carbonyl (C=O) groups excluding carboxylic acids is 2. The lowest BCUT2D eigenvalue weighted by Gasteiger charge is -2.09. The number of halogens is 1. The lowest BCUT2D eigenvalue weighted by atomic mass is 10.0. The molecule has 0 unspecified atom stereocenters. The number of amides is 1. The van der Waals surface area contributed by atoms with Gasteiger partial charge in [0.15, 0.2) is 5.76 Å². The maximum Gasteiger partial charge on any atom is 0.291 e. The van der Waals surface area contributed by atoms with E-state index in [9.17, 15) is 14.7 Å². The van der Waals surface area contributed by atoms with Gasteiger partial charge in [-0.1, -0.05) is 23.7 Å². The van der Waals surface area contributed by atoms with Crippen LogP contribution in [0, 0.1) is 0 Å². The van der Waals surface area contributed by atoms with Crippen LogP contribution in [-0.4, -0.2) is 11.9 Å². The Balaban J connectivity index is 1.97. The third-order valence-corrected chi connectivity index (χ3v) is 4.27. The molecule has 0 radical (unpaired) electrons. The molecular weight excluding hydrogens is 338 g/mol. The normalized spacial score (nSPS) is 10.5. The van der Waals surface area contributed by atoms with Crippen LogP contribution >= 0.6 is 22.9 Å². The first-order valence-corrected chi connectivity index (χ1v) is 7.75. The molecule has 7 heteroatoms. The number of nitrogens with one attached hydrogen (secondary N) is 1. The first-order chi connectivity index (χ1) is 11.1. The summed E-state index contributed by atoms with van der Waals surface area (Å²) in [5.74, 6) is -1.80.